The van der Waals surface area contributed by atoms with Gasteiger partial charge in [0.15, 0.2) is 0 Å². The van der Waals surface area contributed by atoms with Crippen LogP contribution in [-0.2, 0) is 6.61 Å². The summed E-state index contributed by atoms with van der Waals surface area (Å²) in [5.74, 6) is 0.584. The standard InChI is InChI=1S/C14H10ClIO2/c15-13-7-11(8-17)3-6-14(13)18-9-10-1-4-12(16)5-2-10/h1-8H,9H2. The smallest absolute Gasteiger partial charge is 0.150 e. The zero-order valence-electron chi connectivity index (χ0n) is 9.40. The van der Waals surface area contributed by atoms with Gasteiger partial charge in [-0.15, -0.1) is 0 Å². The van der Waals surface area contributed by atoms with Crippen molar-refractivity contribution in [2.24, 2.45) is 0 Å². The van der Waals surface area contributed by atoms with Gasteiger partial charge in [-0.25, -0.2) is 0 Å². The first-order valence-corrected chi connectivity index (χ1v) is 6.76. The summed E-state index contributed by atoms with van der Waals surface area (Å²) in [7, 11) is 0. The van der Waals surface area contributed by atoms with Crippen molar-refractivity contribution in [3.05, 3.63) is 62.2 Å². The van der Waals surface area contributed by atoms with Gasteiger partial charge >= 0.3 is 0 Å². The molecule has 0 aliphatic carbocycles. The van der Waals surface area contributed by atoms with E-state index in [2.05, 4.69) is 22.6 Å². The third kappa shape index (κ3) is 3.46. The lowest BCUT2D eigenvalue weighted by Crippen LogP contribution is -1.96. The van der Waals surface area contributed by atoms with E-state index in [9.17, 15) is 4.79 Å². The molecule has 0 aliphatic rings. The van der Waals surface area contributed by atoms with E-state index in [1.165, 1.54) is 3.57 Å². The van der Waals surface area contributed by atoms with Crippen LogP contribution >= 0.6 is 34.2 Å². The molecule has 2 aromatic rings. The molecule has 0 amide bonds. The van der Waals surface area contributed by atoms with Crippen LogP contribution in [0.5, 0.6) is 5.75 Å². The van der Waals surface area contributed by atoms with Crippen LogP contribution in [0.3, 0.4) is 0 Å². The van der Waals surface area contributed by atoms with Crippen molar-refractivity contribution in [3.8, 4) is 5.75 Å². The van der Waals surface area contributed by atoms with Crippen molar-refractivity contribution in [2.45, 2.75) is 6.61 Å². The summed E-state index contributed by atoms with van der Waals surface area (Å²) < 4.78 is 6.80. The molecule has 0 radical (unpaired) electrons. The quantitative estimate of drug-likeness (QED) is 0.590. The molecule has 0 unspecified atom stereocenters. The number of aldehydes is 1. The van der Waals surface area contributed by atoms with Crippen molar-refractivity contribution in [1.82, 2.24) is 0 Å². The Labute approximate surface area is 124 Å². The number of carbonyl (C=O) groups excluding carboxylic acids is 1. The van der Waals surface area contributed by atoms with Crippen LogP contribution < -0.4 is 4.74 Å². The number of ether oxygens (including phenoxy) is 1. The Morgan fingerprint density at radius 2 is 1.89 bits per heavy atom. The largest absolute Gasteiger partial charge is 0.487 e. The summed E-state index contributed by atoms with van der Waals surface area (Å²) in [4.78, 5) is 10.6. The molecule has 4 heteroatoms. The molecule has 0 saturated carbocycles. The minimum absolute atomic E-state index is 0.449. The Bertz CT molecular complexity index is 552. The lowest BCUT2D eigenvalue weighted by molar-refractivity contribution is 0.112. The summed E-state index contributed by atoms with van der Waals surface area (Å²) in [5.41, 5.74) is 1.62. The highest BCUT2D eigenvalue weighted by Gasteiger charge is 2.03. The lowest BCUT2D eigenvalue weighted by atomic mass is 10.2. The Balaban J connectivity index is 2.06. The zero-order chi connectivity index (χ0) is 13.0. The van der Waals surface area contributed by atoms with Crippen LogP contribution in [0.1, 0.15) is 15.9 Å². The molecule has 18 heavy (non-hydrogen) atoms. The van der Waals surface area contributed by atoms with Crippen LogP contribution in [0, 0.1) is 3.57 Å². The average molecular weight is 373 g/mol. The van der Waals surface area contributed by atoms with E-state index < -0.39 is 0 Å². The van der Waals surface area contributed by atoms with Gasteiger partial charge in [0.25, 0.3) is 0 Å². The Morgan fingerprint density at radius 3 is 2.50 bits per heavy atom. The predicted molar refractivity (Wildman–Crippen MR) is 80.3 cm³/mol. The van der Waals surface area contributed by atoms with Crippen LogP contribution in [0.15, 0.2) is 42.5 Å². The van der Waals surface area contributed by atoms with Gasteiger partial charge in [-0.3, -0.25) is 4.79 Å². The Kier molecular flexibility index (Phi) is 4.60. The highest BCUT2D eigenvalue weighted by Crippen LogP contribution is 2.25. The first kappa shape index (κ1) is 13.4. The maximum absolute atomic E-state index is 10.6. The monoisotopic (exact) mass is 372 g/mol. The fourth-order valence-corrected chi connectivity index (χ4v) is 2.05. The number of hydrogen-bond acceptors (Lipinski definition) is 2. The molecule has 0 heterocycles. The summed E-state index contributed by atoms with van der Waals surface area (Å²) in [5, 5.41) is 0.449. The average Bonchev–Trinajstić information content (AvgIpc) is 2.39. The highest BCUT2D eigenvalue weighted by atomic mass is 127. The van der Waals surface area contributed by atoms with Gasteiger partial charge in [0.1, 0.15) is 18.6 Å². The van der Waals surface area contributed by atoms with Gasteiger partial charge in [0.2, 0.25) is 0 Å². The van der Waals surface area contributed by atoms with Gasteiger partial charge in [-0.2, -0.15) is 0 Å². The van der Waals surface area contributed by atoms with Gasteiger partial charge in [-0.05, 0) is 58.5 Å². The van der Waals surface area contributed by atoms with E-state index in [0.717, 1.165) is 11.8 Å². The number of rotatable bonds is 4. The topological polar surface area (TPSA) is 26.3 Å². The van der Waals surface area contributed by atoms with Crippen molar-refractivity contribution in [2.75, 3.05) is 0 Å². The SMILES string of the molecule is O=Cc1ccc(OCc2ccc(I)cc2)c(Cl)c1. The van der Waals surface area contributed by atoms with Crippen molar-refractivity contribution < 1.29 is 9.53 Å². The Morgan fingerprint density at radius 1 is 1.17 bits per heavy atom. The molecule has 0 bridgehead atoms. The lowest BCUT2D eigenvalue weighted by Gasteiger charge is -2.08. The molecule has 0 saturated heterocycles. The highest BCUT2D eigenvalue weighted by molar-refractivity contribution is 14.1. The van der Waals surface area contributed by atoms with Crippen LogP contribution in [0.2, 0.25) is 5.02 Å². The third-order valence-electron chi connectivity index (χ3n) is 2.40. The third-order valence-corrected chi connectivity index (χ3v) is 3.41. The second-order valence-electron chi connectivity index (χ2n) is 3.72. The van der Waals surface area contributed by atoms with Gasteiger partial charge in [0.05, 0.1) is 5.02 Å². The zero-order valence-corrected chi connectivity index (χ0v) is 12.3. The molecule has 0 atom stereocenters. The summed E-state index contributed by atoms with van der Waals surface area (Å²) >= 11 is 8.27. The van der Waals surface area contributed by atoms with Crippen LogP contribution in [-0.4, -0.2) is 6.29 Å². The molecule has 2 rings (SSSR count). The van der Waals surface area contributed by atoms with Gasteiger partial charge in [0, 0.05) is 9.13 Å². The van der Waals surface area contributed by atoms with Crippen molar-refractivity contribution in [3.63, 3.8) is 0 Å². The van der Waals surface area contributed by atoms with E-state index in [4.69, 9.17) is 16.3 Å². The first-order chi connectivity index (χ1) is 8.69. The van der Waals surface area contributed by atoms with E-state index >= 15 is 0 Å². The molecule has 0 aliphatic heterocycles. The molecule has 0 aromatic heterocycles. The number of hydrogen-bond donors (Lipinski definition) is 0. The predicted octanol–water partition coefficient (Wildman–Crippen LogP) is 4.34. The second kappa shape index (κ2) is 6.20. The minimum Gasteiger partial charge on any atom is -0.487 e. The summed E-state index contributed by atoms with van der Waals surface area (Å²) in [6.07, 6.45) is 0.759. The fourth-order valence-electron chi connectivity index (χ4n) is 1.45. The van der Waals surface area contributed by atoms with Crippen LogP contribution in [0.25, 0.3) is 0 Å². The molecular formula is C14H10ClIO2. The number of halogens is 2. The van der Waals surface area contributed by atoms with Gasteiger partial charge in [-0.1, -0.05) is 23.7 Å². The van der Waals surface area contributed by atoms with Crippen LogP contribution in [0.4, 0.5) is 0 Å². The second-order valence-corrected chi connectivity index (χ2v) is 5.38. The summed E-state index contributed by atoms with van der Waals surface area (Å²) in [6, 6.07) is 13.1. The van der Waals surface area contributed by atoms with Gasteiger partial charge < -0.3 is 4.74 Å². The number of benzene rings is 2. The van der Waals surface area contributed by atoms with E-state index in [1.807, 2.05) is 24.3 Å². The number of carbonyl (C=O) groups is 1. The van der Waals surface area contributed by atoms with E-state index in [1.54, 1.807) is 18.2 Å². The van der Waals surface area contributed by atoms with Crippen molar-refractivity contribution >= 4 is 40.5 Å². The summed E-state index contributed by atoms with van der Waals surface area (Å²) in [6.45, 7) is 0.455. The van der Waals surface area contributed by atoms with E-state index in [-0.39, 0.29) is 0 Å². The molecular weight excluding hydrogens is 363 g/mol. The Hall–Kier alpha value is -1.07. The molecule has 0 spiro atoms. The fraction of sp³-hybridized carbons (Fsp3) is 0.0714. The molecule has 2 nitrogen and oxygen atoms in total. The molecule has 2 aromatic carbocycles. The maximum Gasteiger partial charge on any atom is 0.150 e. The first-order valence-electron chi connectivity index (χ1n) is 5.31. The van der Waals surface area contributed by atoms with Crippen molar-refractivity contribution in [1.29, 1.82) is 0 Å². The molecule has 0 fully saturated rings. The minimum atomic E-state index is 0.449. The molecule has 0 N–H and O–H groups in total. The molecule has 92 valence electrons. The normalized spacial score (nSPS) is 10.1. The maximum atomic E-state index is 10.6. The van der Waals surface area contributed by atoms with E-state index in [0.29, 0.717) is 22.9 Å².